The topological polar surface area (TPSA) is 32.3 Å². The first kappa shape index (κ1) is 12.9. The van der Waals surface area contributed by atoms with E-state index in [2.05, 4.69) is 5.32 Å². The third-order valence-electron chi connectivity index (χ3n) is 2.59. The Bertz CT molecular complexity index is 525. The molecule has 0 saturated carbocycles. The molecule has 0 bridgehead atoms. The molecule has 0 atom stereocenters. The predicted molar refractivity (Wildman–Crippen MR) is 71.1 cm³/mol. The molecule has 0 aromatic heterocycles. The van der Waals surface area contributed by atoms with Gasteiger partial charge in [0, 0.05) is 22.8 Å². The summed E-state index contributed by atoms with van der Waals surface area (Å²) in [6.45, 7) is 0.418. The molecule has 4 heteroatoms. The molecule has 0 unspecified atom stereocenters. The van der Waals surface area contributed by atoms with Crippen molar-refractivity contribution in [2.45, 2.75) is 13.2 Å². The molecule has 0 heterocycles. The van der Waals surface area contributed by atoms with Gasteiger partial charge in [-0.05, 0) is 29.8 Å². The first-order chi connectivity index (χ1) is 8.69. The second kappa shape index (κ2) is 5.85. The summed E-state index contributed by atoms with van der Waals surface area (Å²) >= 11 is 5.78. The number of hydrogen-bond acceptors (Lipinski definition) is 2. The number of halogens is 2. The lowest BCUT2D eigenvalue weighted by Crippen LogP contribution is -2.02. The van der Waals surface area contributed by atoms with Gasteiger partial charge in [-0.3, -0.25) is 0 Å². The van der Waals surface area contributed by atoms with Crippen molar-refractivity contribution in [1.82, 2.24) is 0 Å². The van der Waals surface area contributed by atoms with Crippen molar-refractivity contribution >= 4 is 17.3 Å². The minimum atomic E-state index is -0.352. The molecule has 18 heavy (non-hydrogen) atoms. The molecule has 2 nitrogen and oxygen atoms in total. The maximum atomic E-state index is 13.1. The fraction of sp³-hybridized carbons (Fsp3) is 0.143. The van der Waals surface area contributed by atoms with Crippen LogP contribution >= 0.6 is 11.6 Å². The summed E-state index contributed by atoms with van der Waals surface area (Å²) in [5.74, 6) is -0.352. The monoisotopic (exact) mass is 265 g/mol. The Hall–Kier alpha value is -1.58. The van der Waals surface area contributed by atoms with Gasteiger partial charge in [0.2, 0.25) is 0 Å². The molecule has 0 aliphatic carbocycles. The van der Waals surface area contributed by atoms with E-state index in [1.807, 2.05) is 24.3 Å². The maximum absolute atomic E-state index is 13.1. The van der Waals surface area contributed by atoms with Crippen LogP contribution in [0.25, 0.3) is 0 Å². The van der Waals surface area contributed by atoms with E-state index in [-0.39, 0.29) is 12.4 Å². The smallest absolute Gasteiger partial charge is 0.125 e. The van der Waals surface area contributed by atoms with E-state index in [0.717, 1.165) is 16.8 Å². The van der Waals surface area contributed by atoms with Crippen LogP contribution in [0, 0.1) is 5.82 Å². The van der Waals surface area contributed by atoms with Crippen molar-refractivity contribution in [3.63, 3.8) is 0 Å². The summed E-state index contributed by atoms with van der Waals surface area (Å²) < 4.78 is 13.1. The van der Waals surface area contributed by atoms with Gasteiger partial charge in [-0.25, -0.2) is 4.39 Å². The number of para-hydroxylation sites is 1. The molecule has 0 aliphatic rings. The van der Waals surface area contributed by atoms with Gasteiger partial charge in [-0.1, -0.05) is 29.8 Å². The maximum Gasteiger partial charge on any atom is 0.125 e. The number of rotatable bonds is 4. The average Bonchev–Trinajstić information content (AvgIpc) is 2.35. The SMILES string of the molecule is OCc1ccccc1NCc1cc(F)cc(Cl)c1. The minimum Gasteiger partial charge on any atom is -0.392 e. The molecule has 2 aromatic carbocycles. The highest BCUT2D eigenvalue weighted by molar-refractivity contribution is 6.30. The number of benzene rings is 2. The van der Waals surface area contributed by atoms with Gasteiger partial charge in [-0.2, -0.15) is 0 Å². The van der Waals surface area contributed by atoms with Crippen molar-refractivity contribution in [1.29, 1.82) is 0 Å². The van der Waals surface area contributed by atoms with Gasteiger partial charge in [0.1, 0.15) is 5.82 Å². The zero-order chi connectivity index (χ0) is 13.0. The van der Waals surface area contributed by atoms with Crippen LogP contribution in [0.3, 0.4) is 0 Å². The standard InChI is InChI=1S/C14H13ClFNO/c15-12-5-10(6-13(16)7-12)8-17-14-4-2-1-3-11(14)9-18/h1-7,17-18H,8-9H2. The summed E-state index contributed by atoms with van der Waals surface area (Å²) in [4.78, 5) is 0. The molecule has 0 amide bonds. The van der Waals surface area contributed by atoms with Crippen LogP contribution in [-0.2, 0) is 13.2 Å². The Balaban J connectivity index is 2.11. The van der Waals surface area contributed by atoms with Crippen LogP contribution in [-0.4, -0.2) is 5.11 Å². The van der Waals surface area contributed by atoms with E-state index >= 15 is 0 Å². The quantitative estimate of drug-likeness (QED) is 0.886. The summed E-state index contributed by atoms with van der Waals surface area (Å²) in [7, 11) is 0. The molecule has 94 valence electrons. The molecule has 2 rings (SSSR count). The van der Waals surface area contributed by atoms with Crippen LogP contribution in [0.15, 0.2) is 42.5 Å². The van der Waals surface area contributed by atoms with Crippen LogP contribution in [0.4, 0.5) is 10.1 Å². The second-order valence-corrected chi connectivity index (χ2v) is 4.38. The zero-order valence-corrected chi connectivity index (χ0v) is 10.4. The lowest BCUT2D eigenvalue weighted by Gasteiger charge is -2.10. The number of nitrogens with one attached hydrogen (secondary N) is 1. The Morgan fingerprint density at radius 2 is 1.94 bits per heavy atom. The Morgan fingerprint density at radius 3 is 2.67 bits per heavy atom. The van der Waals surface area contributed by atoms with Crippen molar-refractivity contribution in [2.24, 2.45) is 0 Å². The molecule has 2 aromatic rings. The zero-order valence-electron chi connectivity index (χ0n) is 9.66. The number of aliphatic hydroxyl groups is 1. The highest BCUT2D eigenvalue weighted by Crippen LogP contribution is 2.18. The molecule has 0 aliphatic heterocycles. The molecular weight excluding hydrogens is 253 g/mol. The largest absolute Gasteiger partial charge is 0.392 e. The molecule has 0 saturated heterocycles. The van der Waals surface area contributed by atoms with Gasteiger partial charge in [0.05, 0.1) is 6.61 Å². The van der Waals surface area contributed by atoms with Crippen LogP contribution in [0.2, 0.25) is 5.02 Å². The van der Waals surface area contributed by atoms with E-state index in [9.17, 15) is 9.50 Å². The van der Waals surface area contributed by atoms with Crippen LogP contribution in [0.5, 0.6) is 0 Å². The molecule has 0 spiro atoms. The van der Waals surface area contributed by atoms with Crippen molar-refractivity contribution < 1.29 is 9.50 Å². The van der Waals surface area contributed by atoms with E-state index in [0.29, 0.717) is 11.6 Å². The van der Waals surface area contributed by atoms with Crippen molar-refractivity contribution in [3.8, 4) is 0 Å². The first-order valence-electron chi connectivity index (χ1n) is 5.56. The van der Waals surface area contributed by atoms with Gasteiger partial charge in [0.15, 0.2) is 0 Å². The molecule has 0 radical (unpaired) electrons. The fourth-order valence-electron chi connectivity index (χ4n) is 1.74. The number of aliphatic hydroxyl groups excluding tert-OH is 1. The molecule has 2 N–H and O–H groups in total. The lowest BCUT2D eigenvalue weighted by molar-refractivity contribution is 0.282. The highest BCUT2D eigenvalue weighted by Gasteiger charge is 2.02. The van der Waals surface area contributed by atoms with E-state index < -0.39 is 0 Å². The number of hydrogen-bond donors (Lipinski definition) is 2. The van der Waals surface area contributed by atoms with E-state index in [1.54, 1.807) is 6.07 Å². The summed E-state index contributed by atoms with van der Waals surface area (Å²) in [6, 6.07) is 11.8. The van der Waals surface area contributed by atoms with Gasteiger partial charge >= 0.3 is 0 Å². The third kappa shape index (κ3) is 3.22. The fourth-order valence-corrected chi connectivity index (χ4v) is 1.99. The lowest BCUT2D eigenvalue weighted by atomic mass is 10.1. The summed E-state index contributed by atoms with van der Waals surface area (Å²) in [5, 5.41) is 12.7. The van der Waals surface area contributed by atoms with Gasteiger partial charge in [-0.15, -0.1) is 0 Å². The normalized spacial score (nSPS) is 10.4. The average molecular weight is 266 g/mol. The van der Waals surface area contributed by atoms with Crippen molar-refractivity contribution in [3.05, 3.63) is 64.4 Å². The molecular formula is C14H13ClFNO. The van der Waals surface area contributed by atoms with E-state index in [4.69, 9.17) is 11.6 Å². The summed E-state index contributed by atoms with van der Waals surface area (Å²) in [6.07, 6.45) is 0. The van der Waals surface area contributed by atoms with Gasteiger partial charge < -0.3 is 10.4 Å². The Labute approximate surface area is 110 Å². The van der Waals surface area contributed by atoms with Gasteiger partial charge in [0.25, 0.3) is 0 Å². The third-order valence-corrected chi connectivity index (χ3v) is 2.81. The first-order valence-corrected chi connectivity index (χ1v) is 5.94. The van der Waals surface area contributed by atoms with Crippen LogP contribution < -0.4 is 5.32 Å². The van der Waals surface area contributed by atoms with E-state index in [1.165, 1.54) is 12.1 Å². The summed E-state index contributed by atoms with van der Waals surface area (Å²) in [5.41, 5.74) is 2.40. The molecule has 0 fully saturated rings. The highest BCUT2D eigenvalue weighted by atomic mass is 35.5. The second-order valence-electron chi connectivity index (χ2n) is 3.95. The Morgan fingerprint density at radius 1 is 1.17 bits per heavy atom. The minimum absolute atomic E-state index is 0.0346. The van der Waals surface area contributed by atoms with Crippen molar-refractivity contribution in [2.75, 3.05) is 5.32 Å². The predicted octanol–water partition coefficient (Wildman–Crippen LogP) is 3.58. The van der Waals surface area contributed by atoms with Crippen LogP contribution in [0.1, 0.15) is 11.1 Å². The Kier molecular flexibility index (Phi) is 4.18. The number of anilines is 1.